The first-order valence-corrected chi connectivity index (χ1v) is 18.4. The first-order valence-electron chi connectivity index (χ1n) is 16.9. The van der Waals surface area contributed by atoms with Gasteiger partial charge in [-0.1, -0.05) is 101 Å². The standard InChI is InChI=1S/C35H61O8P/c1-4-7-9-11-13-15-17-18-20-22-24-26-28-30-35(37)43-33(32-42-44(38,39)41-6-3)31-40-34(36)29-27-25-23-21-19-16-14-12-10-8-5-2/h7,9,12-15,18,20,33H,4-6,8,10-11,16-17,19,21-32H2,1-3H3,(H,38,39)/b9-7-,14-12-,15-13-,20-18-. The molecule has 0 aromatic carbocycles. The first-order chi connectivity index (χ1) is 21.3. The number of unbranched alkanes of at least 4 members (excludes halogenated alkanes) is 10. The van der Waals surface area contributed by atoms with E-state index in [0.717, 1.165) is 83.5 Å². The van der Waals surface area contributed by atoms with Gasteiger partial charge in [0.15, 0.2) is 6.10 Å². The SMILES string of the molecule is CC/C=C\C/C=C\C/C=C\CCCCCC(=O)OC(COC(=O)CCCCCCC/C=C\CCCC)COP(=O)(O)OCC. The molecule has 0 aromatic rings. The van der Waals surface area contributed by atoms with E-state index in [1.54, 1.807) is 6.92 Å². The average molecular weight is 641 g/mol. The molecule has 9 heteroatoms. The molecule has 0 radical (unpaired) electrons. The van der Waals surface area contributed by atoms with Gasteiger partial charge in [-0.3, -0.25) is 18.6 Å². The Bertz CT molecular complexity index is 865. The molecule has 0 rings (SSSR count). The largest absolute Gasteiger partial charge is 0.472 e. The smallest absolute Gasteiger partial charge is 0.462 e. The van der Waals surface area contributed by atoms with Gasteiger partial charge in [-0.15, -0.1) is 0 Å². The van der Waals surface area contributed by atoms with Crippen molar-refractivity contribution in [2.24, 2.45) is 0 Å². The molecule has 0 spiro atoms. The molecule has 0 fully saturated rings. The number of hydrogen-bond donors (Lipinski definition) is 1. The minimum absolute atomic E-state index is 0.00852. The van der Waals surface area contributed by atoms with Crippen molar-refractivity contribution in [3.05, 3.63) is 48.6 Å². The highest BCUT2D eigenvalue weighted by Gasteiger charge is 2.25. The van der Waals surface area contributed by atoms with Crippen molar-refractivity contribution in [2.75, 3.05) is 19.8 Å². The Kier molecular flexibility index (Phi) is 29.6. The van der Waals surface area contributed by atoms with Crippen molar-refractivity contribution < 1.29 is 37.6 Å². The average Bonchev–Trinajstić information content (AvgIpc) is 2.99. The van der Waals surface area contributed by atoms with E-state index in [1.807, 2.05) is 0 Å². The maximum atomic E-state index is 12.4. The van der Waals surface area contributed by atoms with Gasteiger partial charge in [-0.05, 0) is 71.1 Å². The Balaban J connectivity index is 4.30. The fraction of sp³-hybridized carbons (Fsp3) is 0.714. The summed E-state index contributed by atoms with van der Waals surface area (Å²) in [7, 11) is -4.28. The molecule has 0 aromatic heterocycles. The predicted octanol–water partition coefficient (Wildman–Crippen LogP) is 9.88. The molecule has 0 aliphatic rings. The van der Waals surface area contributed by atoms with Crippen LogP contribution in [0.1, 0.15) is 136 Å². The van der Waals surface area contributed by atoms with E-state index in [4.69, 9.17) is 18.5 Å². The van der Waals surface area contributed by atoms with Crippen molar-refractivity contribution in [3.8, 4) is 0 Å². The van der Waals surface area contributed by atoms with Crippen LogP contribution >= 0.6 is 7.82 Å². The number of ether oxygens (including phenoxy) is 2. The number of phosphoric acid groups is 1. The molecule has 0 saturated carbocycles. The summed E-state index contributed by atoms with van der Waals surface area (Å²) in [5.41, 5.74) is 0. The molecule has 254 valence electrons. The minimum Gasteiger partial charge on any atom is -0.462 e. The van der Waals surface area contributed by atoms with E-state index in [-0.39, 0.29) is 26.1 Å². The Morgan fingerprint density at radius 1 is 0.636 bits per heavy atom. The lowest BCUT2D eigenvalue weighted by Crippen LogP contribution is -2.29. The number of hydrogen-bond acceptors (Lipinski definition) is 7. The lowest BCUT2D eigenvalue weighted by atomic mass is 10.1. The van der Waals surface area contributed by atoms with Crippen LogP contribution in [0.2, 0.25) is 0 Å². The van der Waals surface area contributed by atoms with Gasteiger partial charge in [-0.2, -0.15) is 0 Å². The highest BCUT2D eigenvalue weighted by molar-refractivity contribution is 7.47. The van der Waals surface area contributed by atoms with Crippen LogP contribution in [0.15, 0.2) is 48.6 Å². The highest BCUT2D eigenvalue weighted by Crippen LogP contribution is 2.43. The molecule has 0 aliphatic heterocycles. The van der Waals surface area contributed by atoms with Gasteiger partial charge in [0, 0.05) is 12.8 Å². The van der Waals surface area contributed by atoms with Crippen molar-refractivity contribution in [1.82, 2.24) is 0 Å². The summed E-state index contributed by atoms with van der Waals surface area (Å²) in [6, 6.07) is 0. The van der Waals surface area contributed by atoms with Crippen LogP contribution in [-0.2, 0) is 32.7 Å². The predicted molar refractivity (Wildman–Crippen MR) is 179 cm³/mol. The van der Waals surface area contributed by atoms with Gasteiger partial charge in [0.2, 0.25) is 0 Å². The number of carbonyl (C=O) groups excluding carboxylic acids is 2. The highest BCUT2D eigenvalue weighted by atomic mass is 31.2. The number of allylic oxidation sites excluding steroid dienone is 8. The second kappa shape index (κ2) is 31.0. The number of phosphoric ester groups is 1. The molecule has 8 nitrogen and oxygen atoms in total. The molecular weight excluding hydrogens is 579 g/mol. The van der Waals surface area contributed by atoms with Crippen LogP contribution in [0.25, 0.3) is 0 Å². The fourth-order valence-corrected chi connectivity index (χ4v) is 4.91. The number of carbonyl (C=O) groups is 2. The van der Waals surface area contributed by atoms with E-state index in [2.05, 4.69) is 62.5 Å². The van der Waals surface area contributed by atoms with Crippen molar-refractivity contribution >= 4 is 19.8 Å². The quantitative estimate of drug-likeness (QED) is 0.0358. The van der Waals surface area contributed by atoms with Gasteiger partial charge >= 0.3 is 19.8 Å². The first kappa shape index (κ1) is 42.0. The Morgan fingerprint density at radius 2 is 1.16 bits per heavy atom. The zero-order chi connectivity index (χ0) is 32.6. The van der Waals surface area contributed by atoms with Crippen LogP contribution in [0.3, 0.4) is 0 Å². The summed E-state index contributed by atoms with van der Waals surface area (Å²) < 4.78 is 32.3. The van der Waals surface area contributed by atoms with Gasteiger partial charge in [0.25, 0.3) is 0 Å². The second-order valence-electron chi connectivity index (χ2n) is 10.8. The van der Waals surface area contributed by atoms with Crippen molar-refractivity contribution in [3.63, 3.8) is 0 Å². The Morgan fingerprint density at radius 3 is 1.80 bits per heavy atom. The van der Waals surface area contributed by atoms with Gasteiger partial charge in [-0.25, -0.2) is 4.57 Å². The Labute approximate surface area is 268 Å². The van der Waals surface area contributed by atoms with E-state index in [9.17, 15) is 19.0 Å². The van der Waals surface area contributed by atoms with Crippen LogP contribution < -0.4 is 0 Å². The third kappa shape index (κ3) is 30.1. The summed E-state index contributed by atoms with van der Waals surface area (Å²) in [6.45, 7) is 5.23. The molecule has 2 atom stereocenters. The lowest BCUT2D eigenvalue weighted by Gasteiger charge is -2.19. The zero-order valence-corrected chi connectivity index (χ0v) is 28.7. The summed E-state index contributed by atoms with van der Waals surface area (Å²) in [5, 5.41) is 0. The monoisotopic (exact) mass is 640 g/mol. The molecule has 0 bridgehead atoms. The van der Waals surface area contributed by atoms with E-state index in [1.165, 1.54) is 12.8 Å². The number of esters is 2. The maximum Gasteiger partial charge on any atom is 0.472 e. The fourth-order valence-electron chi connectivity index (χ4n) is 4.15. The molecule has 0 saturated heterocycles. The molecule has 2 unspecified atom stereocenters. The van der Waals surface area contributed by atoms with Crippen LogP contribution in [-0.4, -0.2) is 42.8 Å². The summed E-state index contributed by atoms with van der Waals surface area (Å²) >= 11 is 0. The lowest BCUT2D eigenvalue weighted by molar-refractivity contribution is -0.161. The molecular formula is C35H61O8P. The molecule has 0 amide bonds. The third-order valence-electron chi connectivity index (χ3n) is 6.62. The third-order valence-corrected chi connectivity index (χ3v) is 7.68. The van der Waals surface area contributed by atoms with Crippen molar-refractivity contribution in [2.45, 2.75) is 142 Å². The Hall–Kier alpha value is -1.99. The van der Waals surface area contributed by atoms with Crippen LogP contribution in [0.4, 0.5) is 0 Å². The second-order valence-corrected chi connectivity index (χ2v) is 12.2. The maximum absolute atomic E-state index is 12.4. The number of rotatable bonds is 30. The molecule has 44 heavy (non-hydrogen) atoms. The summed E-state index contributed by atoms with van der Waals surface area (Å²) in [6.07, 6.45) is 33.1. The summed E-state index contributed by atoms with van der Waals surface area (Å²) in [5.74, 6) is -0.851. The molecule has 1 N–H and O–H groups in total. The van der Waals surface area contributed by atoms with Gasteiger partial charge < -0.3 is 14.4 Å². The summed E-state index contributed by atoms with van der Waals surface area (Å²) in [4.78, 5) is 34.4. The van der Waals surface area contributed by atoms with E-state index >= 15 is 0 Å². The van der Waals surface area contributed by atoms with Gasteiger partial charge in [0.1, 0.15) is 6.61 Å². The normalized spacial score (nSPS) is 14.2. The zero-order valence-electron chi connectivity index (χ0n) is 27.8. The van der Waals surface area contributed by atoms with E-state index in [0.29, 0.717) is 6.42 Å². The van der Waals surface area contributed by atoms with E-state index < -0.39 is 32.5 Å². The van der Waals surface area contributed by atoms with Crippen LogP contribution in [0.5, 0.6) is 0 Å². The molecule has 0 aliphatic carbocycles. The molecule has 0 heterocycles. The minimum atomic E-state index is -4.28. The van der Waals surface area contributed by atoms with Crippen molar-refractivity contribution in [1.29, 1.82) is 0 Å². The topological polar surface area (TPSA) is 108 Å². The van der Waals surface area contributed by atoms with Crippen LogP contribution in [0, 0.1) is 0 Å². The van der Waals surface area contributed by atoms with Gasteiger partial charge in [0.05, 0.1) is 13.2 Å².